The van der Waals surface area contributed by atoms with Crippen molar-refractivity contribution in [2.45, 2.75) is 0 Å². The van der Waals surface area contributed by atoms with E-state index in [4.69, 9.17) is 4.74 Å². The molecule has 0 atom stereocenters. The van der Waals surface area contributed by atoms with E-state index in [1.807, 2.05) is 0 Å². The van der Waals surface area contributed by atoms with E-state index in [2.05, 4.69) is 0 Å². The number of rotatable bonds is 2. The van der Waals surface area contributed by atoms with Crippen LogP contribution in [0.3, 0.4) is 0 Å². The fourth-order valence-corrected chi connectivity index (χ4v) is 0.799. The van der Waals surface area contributed by atoms with Crippen LogP contribution < -0.4 is 4.74 Å². The van der Waals surface area contributed by atoms with E-state index in [1.165, 1.54) is 13.2 Å². The van der Waals surface area contributed by atoms with Gasteiger partial charge in [-0.2, -0.15) is 0 Å². The van der Waals surface area contributed by atoms with E-state index < -0.39 is 0 Å². The summed E-state index contributed by atoms with van der Waals surface area (Å²) in [5.74, 6) is 0.208. The summed E-state index contributed by atoms with van der Waals surface area (Å²) in [7, 11) is 1.43. The minimum atomic E-state index is -0.106. The van der Waals surface area contributed by atoms with Gasteiger partial charge >= 0.3 is 27.3 Å². The molecule has 12 heavy (non-hydrogen) atoms. The van der Waals surface area contributed by atoms with Crippen LogP contribution in [0.2, 0.25) is 0 Å². The molecule has 0 aliphatic carbocycles. The number of para-hydroxylation sites is 1. The third-order valence-electron chi connectivity index (χ3n) is 1.38. The molecule has 0 spiro atoms. The number of carbonyl (C=O) groups is 1. The van der Waals surface area contributed by atoms with Crippen molar-refractivity contribution in [2.75, 3.05) is 7.11 Å². The summed E-state index contributed by atoms with van der Waals surface area (Å²) in [6.07, 6.45) is 0.581. The van der Waals surface area contributed by atoms with Crippen LogP contribution in [0.25, 0.3) is 0 Å². The summed E-state index contributed by atoms with van der Waals surface area (Å²) in [5, 5.41) is 9.23. The monoisotopic (exact) mass is 362 g/mol. The van der Waals surface area contributed by atoms with Crippen molar-refractivity contribution in [3.63, 3.8) is 0 Å². The quantitative estimate of drug-likeness (QED) is 0.609. The van der Waals surface area contributed by atoms with Crippen molar-refractivity contribution in [1.29, 1.82) is 0 Å². The maximum absolute atomic E-state index is 10.3. The number of phenols is 1. The topological polar surface area (TPSA) is 46.5 Å². The second-order valence-corrected chi connectivity index (χ2v) is 2.02. The zero-order chi connectivity index (χ0) is 8.27. The molecule has 0 aliphatic rings. The average Bonchev–Trinajstić information content (AvgIpc) is 2.05. The Labute approximate surface area is 90.5 Å². The Hall–Kier alpha value is -0.588. The molecular weight excluding hydrogens is 351 g/mol. The molecule has 0 bridgehead atoms. The van der Waals surface area contributed by atoms with Crippen LogP contribution in [0.4, 0.5) is 0 Å². The summed E-state index contributed by atoms with van der Waals surface area (Å²) in [5.41, 5.74) is 0.240. The van der Waals surface area contributed by atoms with Crippen LogP contribution in [0.15, 0.2) is 18.2 Å². The van der Waals surface area contributed by atoms with Gasteiger partial charge in [0.2, 0.25) is 0 Å². The average molecular weight is 361 g/mol. The van der Waals surface area contributed by atoms with Crippen molar-refractivity contribution in [3.8, 4) is 11.5 Å². The summed E-state index contributed by atoms with van der Waals surface area (Å²) >= 11 is 0. The molecule has 0 aliphatic heterocycles. The predicted molar refractivity (Wildman–Crippen MR) is 48.6 cm³/mol. The molecule has 2 radical (unpaired) electrons. The van der Waals surface area contributed by atoms with Gasteiger partial charge in [0.25, 0.3) is 0 Å². The van der Waals surface area contributed by atoms with Crippen LogP contribution in [0.1, 0.15) is 10.4 Å². The van der Waals surface area contributed by atoms with Crippen molar-refractivity contribution in [1.82, 2.24) is 0 Å². The number of methoxy groups -OCH3 is 1. The van der Waals surface area contributed by atoms with E-state index in [0.717, 1.165) is 0 Å². The Balaban J connectivity index is 0.00000121. The minimum absolute atomic E-state index is 0. The Morgan fingerprint density at radius 1 is 1.50 bits per heavy atom. The van der Waals surface area contributed by atoms with E-state index in [1.54, 1.807) is 12.1 Å². The number of hydrogen-bond donors (Lipinski definition) is 1. The normalized spacial score (nSPS) is 8.42. The molecule has 3 nitrogen and oxygen atoms in total. The molecule has 0 aromatic heterocycles. The van der Waals surface area contributed by atoms with Gasteiger partial charge in [-0.05, 0) is 12.1 Å². The summed E-state index contributed by atoms with van der Waals surface area (Å²) in [6.45, 7) is 0. The van der Waals surface area contributed by atoms with Crippen molar-refractivity contribution < 1.29 is 14.6 Å². The predicted octanol–water partition coefficient (Wildman–Crippen LogP) is 0.297. The number of aromatic hydroxyl groups is 1. The molecule has 1 N–H and O–H groups in total. The SMILES string of the molecule is COc1cccc(C=O)c1O.[PbH2]. The Bertz CT molecular complexity index is 273. The zero-order valence-corrected chi connectivity index (χ0v) is 12.3. The third-order valence-corrected chi connectivity index (χ3v) is 1.38. The molecule has 0 saturated heterocycles. The Morgan fingerprint density at radius 3 is 2.67 bits per heavy atom. The second kappa shape index (κ2) is 5.13. The van der Waals surface area contributed by atoms with Gasteiger partial charge in [-0.1, -0.05) is 6.07 Å². The van der Waals surface area contributed by atoms with E-state index in [9.17, 15) is 9.90 Å². The summed E-state index contributed by atoms with van der Waals surface area (Å²) < 4.78 is 4.78. The number of aldehydes is 1. The van der Waals surface area contributed by atoms with Crippen LogP contribution in [0, 0.1) is 0 Å². The maximum atomic E-state index is 10.3. The Kier molecular flexibility index (Phi) is 4.88. The molecule has 0 unspecified atom stereocenters. The number of phenolic OH excluding ortho intramolecular Hbond substituents is 1. The number of hydrogen-bond acceptors (Lipinski definition) is 3. The third kappa shape index (κ3) is 2.20. The van der Waals surface area contributed by atoms with Gasteiger partial charge in [-0.15, -0.1) is 0 Å². The first-order valence-corrected chi connectivity index (χ1v) is 3.10. The first-order valence-electron chi connectivity index (χ1n) is 3.10. The molecule has 1 aromatic rings. The van der Waals surface area contributed by atoms with Crippen LogP contribution in [0.5, 0.6) is 11.5 Å². The molecule has 4 heteroatoms. The fourth-order valence-electron chi connectivity index (χ4n) is 0.799. The number of ether oxygens (including phenoxy) is 1. The van der Waals surface area contributed by atoms with Gasteiger partial charge in [-0.25, -0.2) is 0 Å². The van der Waals surface area contributed by atoms with Crippen molar-refractivity contribution >= 4 is 33.6 Å². The number of benzene rings is 1. The van der Waals surface area contributed by atoms with Crippen molar-refractivity contribution in [3.05, 3.63) is 23.8 Å². The van der Waals surface area contributed by atoms with Gasteiger partial charge in [0.15, 0.2) is 17.8 Å². The molecule has 0 saturated carbocycles. The zero-order valence-electron chi connectivity index (χ0n) is 6.78. The van der Waals surface area contributed by atoms with Gasteiger partial charge in [0.1, 0.15) is 0 Å². The van der Waals surface area contributed by atoms with Crippen LogP contribution in [-0.2, 0) is 0 Å². The van der Waals surface area contributed by atoms with Crippen LogP contribution in [-0.4, -0.2) is 45.8 Å². The van der Waals surface area contributed by atoms with E-state index >= 15 is 0 Å². The molecule has 1 aromatic carbocycles. The molecule has 0 heterocycles. The fraction of sp³-hybridized carbons (Fsp3) is 0.125. The van der Waals surface area contributed by atoms with Crippen molar-refractivity contribution in [2.24, 2.45) is 0 Å². The summed E-state index contributed by atoms with van der Waals surface area (Å²) in [4.78, 5) is 10.3. The molecular formula is C8H10O3Pb. The first kappa shape index (κ1) is 11.4. The second-order valence-electron chi connectivity index (χ2n) is 2.02. The van der Waals surface area contributed by atoms with E-state index in [0.29, 0.717) is 12.0 Å². The molecule has 0 fully saturated rings. The van der Waals surface area contributed by atoms with Gasteiger partial charge in [0, 0.05) is 0 Å². The number of carbonyl (C=O) groups excluding carboxylic acids is 1. The van der Waals surface area contributed by atoms with Gasteiger partial charge < -0.3 is 9.84 Å². The summed E-state index contributed by atoms with van der Waals surface area (Å²) in [6, 6.07) is 4.75. The molecule has 0 amide bonds. The van der Waals surface area contributed by atoms with E-state index in [-0.39, 0.29) is 38.6 Å². The molecule has 1 rings (SSSR count). The molecule has 64 valence electrons. The van der Waals surface area contributed by atoms with Gasteiger partial charge in [0.05, 0.1) is 12.7 Å². The first-order chi connectivity index (χ1) is 5.29. The Morgan fingerprint density at radius 2 is 2.17 bits per heavy atom. The van der Waals surface area contributed by atoms with Crippen LogP contribution >= 0.6 is 0 Å². The van der Waals surface area contributed by atoms with Gasteiger partial charge in [-0.3, -0.25) is 4.79 Å². The standard InChI is InChI=1S/C8H8O3.Pb.2H/c1-11-7-4-2-3-6(5-9)8(7)10;;;/h2-5,10H,1H3;;;.